The summed E-state index contributed by atoms with van der Waals surface area (Å²) in [6, 6.07) is 12.9. The molecule has 1 saturated heterocycles. The summed E-state index contributed by atoms with van der Waals surface area (Å²) in [4.78, 5) is 32.6. The van der Waals surface area contributed by atoms with Crippen LogP contribution in [0.2, 0.25) is 5.02 Å². The maximum absolute atomic E-state index is 13.1. The van der Waals surface area contributed by atoms with Crippen molar-refractivity contribution in [3.63, 3.8) is 0 Å². The molecule has 0 spiro atoms. The summed E-state index contributed by atoms with van der Waals surface area (Å²) in [5.74, 6) is 0.632. The van der Waals surface area contributed by atoms with Crippen molar-refractivity contribution in [2.45, 2.75) is 32.7 Å². The van der Waals surface area contributed by atoms with Crippen LogP contribution in [0.4, 0.5) is 5.95 Å². The molecule has 1 aromatic heterocycles. The van der Waals surface area contributed by atoms with Gasteiger partial charge in [0.2, 0.25) is 11.9 Å². The van der Waals surface area contributed by atoms with E-state index >= 15 is 0 Å². The molecule has 2 heterocycles. The van der Waals surface area contributed by atoms with Gasteiger partial charge in [-0.3, -0.25) is 14.9 Å². The monoisotopic (exact) mass is 498 g/mol. The van der Waals surface area contributed by atoms with Crippen molar-refractivity contribution < 1.29 is 19.1 Å². The van der Waals surface area contributed by atoms with Crippen molar-refractivity contribution in [1.29, 1.82) is 0 Å². The molecule has 2 amide bonds. The Labute approximate surface area is 210 Å². The number of piperidine rings is 1. The van der Waals surface area contributed by atoms with E-state index in [4.69, 9.17) is 21.1 Å². The van der Waals surface area contributed by atoms with Gasteiger partial charge in [-0.25, -0.2) is 4.98 Å². The van der Waals surface area contributed by atoms with Gasteiger partial charge in [0.1, 0.15) is 5.75 Å². The number of ether oxygens (including phenoxy) is 2. The number of methoxy groups -OCH3 is 1. The van der Waals surface area contributed by atoms with Crippen LogP contribution in [0, 0.1) is 5.92 Å². The zero-order chi connectivity index (χ0) is 24.8. The highest BCUT2D eigenvalue weighted by molar-refractivity contribution is 6.31. The molecule has 1 N–H and O–H groups in total. The van der Waals surface area contributed by atoms with Crippen molar-refractivity contribution >= 4 is 40.4 Å². The normalized spacial score (nSPS) is 14.3. The van der Waals surface area contributed by atoms with Gasteiger partial charge >= 0.3 is 0 Å². The average molecular weight is 499 g/mol. The van der Waals surface area contributed by atoms with Crippen molar-refractivity contribution in [3.05, 3.63) is 53.1 Å². The molecule has 0 bridgehead atoms. The highest BCUT2D eigenvalue weighted by Gasteiger charge is 2.30. The number of anilines is 1. The van der Waals surface area contributed by atoms with Crippen LogP contribution in [0.3, 0.4) is 0 Å². The first-order valence-corrected chi connectivity index (χ1v) is 12.4. The zero-order valence-electron chi connectivity index (χ0n) is 20.1. The summed E-state index contributed by atoms with van der Waals surface area (Å²) in [5.41, 5.74) is 2.26. The lowest BCUT2D eigenvalue weighted by Crippen LogP contribution is -2.41. The highest BCUT2D eigenvalue weighted by Crippen LogP contribution is 2.27. The van der Waals surface area contributed by atoms with E-state index in [-0.39, 0.29) is 17.7 Å². The number of hydrogen-bond acceptors (Lipinski definition) is 5. The summed E-state index contributed by atoms with van der Waals surface area (Å²) in [5, 5.41) is 3.52. The second-order valence-corrected chi connectivity index (χ2v) is 8.96. The van der Waals surface area contributed by atoms with E-state index in [9.17, 15) is 9.59 Å². The number of aryl methyl sites for hydroxylation is 1. The van der Waals surface area contributed by atoms with E-state index < -0.39 is 0 Å². The lowest BCUT2D eigenvalue weighted by molar-refractivity contribution is -0.121. The summed E-state index contributed by atoms with van der Waals surface area (Å²) in [7, 11) is 1.53. The number of fused-ring (bicyclic) bond motifs is 1. The fraction of sp³-hybridized carbons (Fsp3) is 0.423. The van der Waals surface area contributed by atoms with Crippen molar-refractivity contribution in [2.75, 3.05) is 38.7 Å². The molecule has 2 aromatic carbocycles. The third-order valence-corrected chi connectivity index (χ3v) is 6.54. The predicted molar refractivity (Wildman–Crippen MR) is 136 cm³/mol. The Balaban J connectivity index is 1.40. The molecular weight excluding hydrogens is 468 g/mol. The van der Waals surface area contributed by atoms with Crippen LogP contribution in [0.15, 0.2) is 42.5 Å². The van der Waals surface area contributed by atoms with E-state index in [1.54, 1.807) is 23.1 Å². The topological polar surface area (TPSA) is 85.7 Å². The van der Waals surface area contributed by atoms with Gasteiger partial charge in [0, 0.05) is 43.8 Å². The summed E-state index contributed by atoms with van der Waals surface area (Å²) in [6.45, 7) is 4.97. The van der Waals surface area contributed by atoms with Crippen LogP contribution < -0.4 is 10.1 Å². The number of para-hydroxylation sites is 2. The van der Waals surface area contributed by atoms with E-state index in [0.717, 1.165) is 17.5 Å². The number of rotatable bonds is 9. The van der Waals surface area contributed by atoms with Gasteiger partial charge in [-0.1, -0.05) is 23.7 Å². The Kier molecular flexibility index (Phi) is 8.25. The fourth-order valence-electron chi connectivity index (χ4n) is 4.44. The maximum Gasteiger partial charge on any atom is 0.257 e. The summed E-state index contributed by atoms with van der Waals surface area (Å²) in [6.07, 6.45) is 1.97. The van der Waals surface area contributed by atoms with E-state index in [1.807, 2.05) is 35.8 Å². The van der Waals surface area contributed by atoms with Gasteiger partial charge in [0.15, 0.2) is 0 Å². The van der Waals surface area contributed by atoms with Gasteiger partial charge in [-0.15, -0.1) is 0 Å². The van der Waals surface area contributed by atoms with Gasteiger partial charge in [0.05, 0.1) is 23.7 Å². The minimum Gasteiger partial charge on any atom is -0.496 e. The molecule has 186 valence electrons. The second-order valence-electron chi connectivity index (χ2n) is 8.53. The number of likely N-dealkylation sites (tertiary alicyclic amines) is 1. The molecule has 1 fully saturated rings. The summed E-state index contributed by atoms with van der Waals surface area (Å²) < 4.78 is 12.8. The first kappa shape index (κ1) is 25.0. The Bertz CT molecular complexity index is 1190. The predicted octanol–water partition coefficient (Wildman–Crippen LogP) is 4.62. The van der Waals surface area contributed by atoms with E-state index in [1.165, 1.54) is 7.11 Å². The van der Waals surface area contributed by atoms with Crippen LogP contribution in [0.25, 0.3) is 11.0 Å². The van der Waals surface area contributed by atoms with Crippen LogP contribution >= 0.6 is 11.6 Å². The number of carbonyl (C=O) groups excluding carboxylic acids is 2. The van der Waals surface area contributed by atoms with Gasteiger partial charge in [0.25, 0.3) is 5.91 Å². The van der Waals surface area contributed by atoms with E-state index in [0.29, 0.717) is 68.0 Å². The number of halogens is 1. The van der Waals surface area contributed by atoms with Crippen LogP contribution in [-0.2, 0) is 16.1 Å². The zero-order valence-corrected chi connectivity index (χ0v) is 20.9. The van der Waals surface area contributed by atoms with E-state index in [2.05, 4.69) is 10.3 Å². The molecule has 0 saturated carbocycles. The number of amides is 2. The SMILES string of the molecule is CCOCCCn1c(NC(=O)C2CCN(C(=O)c3cc(Cl)ccc3OC)CC2)nc2ccccc21. The molecule has 0 atom stereocenters. The van der Waals surface area contributed by atoms with Crippen LogP contribution in [-0.4, -0.2) is 59.7 Å². The molecule has 8 nitrogen and oxygen atoms in total. The first-order valence-electron chi connectivity index (χ1n) is 12.0. The van der Waals surface area contributed by atoms with Crippen molar-refractivity contribution in [1.82, 2.24) is 14.5 Å². The molecule has 4 rings (SSSR count). The molecule has 1 aliphatic heterocycles. The molecule has 35 heavy (non-hydrogen) atoms. The van der Waals surface area contributed by atoms with Crippen molar-refractivity contribution in [2.24, 2.45) is 5.92 Å². The average Bonchev–Trinajstić information content (AvgIpc) is 3.23. The molecule has 0 unspecified atom stereocenters. The van der Waals surface area contributed by atoms with Crippen molar-refractivity contribution in [3.8, 4) is 5.75 Å². The Hall–Kier alpha value is -3.10. The highest BCUT2D eigenvalue weighted by atomic mass is 35.5. The fourth-order valence-corrected chi connectivity index (χ4v) is 4.61. The third-order valence-electron chi connectivity index (χ3n) is 6.31. The largest absolute Gasteiger partial charge is 0.496 e. The minimum atomic E-state index is -0.197. The number of nitrogens with zero attached hydrogens (tertiary/aromatic N) is 3. The molecule has 0 aliphatic carbocycles. The second kappa shape index (κ2) is 11.6. The quantitative estimate of drug-likeness (QED) is 0.435. The third kappa shape index (κ3) is 5.77. The Morgan fingerprint density at radius 3 is 2.69 bits per heavy atom. The molecular formula is C26H31ClN4O4. The first-order chi connectivity index (χ1) is 17.0. The minimum absolute atomic E-state index is 0.0706. The van der Waals surface area contributed by atoms with Crippen LogP contribution in [0.1, 0.15) is 36.5 Å². The Morgan fingerprint density at radius 1 is 1.17 bits per heavy atom. The summed E-state index contributed by atoms with van der Waals surface area (Å²) >= 11 is 6.09. The molecule has 1 aliphatic rings. The smallest absolute Gasteiger partial charge is 0.257 e. The number of benzene rings is 2. The number of carbonyl (C=O) groups is 2. The van der Waals surface area contributed by atoms with Gasteiger partial charge < -0.3 is 18.9 Å². The number of nitrogens with one attached hydrogen (secondary N) is 1. The number of hydrogen-bond donors (Lipinski definition) is 1. The van der Waals surface area contributed by atoms with Crippen LogP contribution in [0.5, 0.6) is 5.75 Å². The lowest BCUT2D eigenvalue weighted by Gasteiger charge is -2.31. The maximum atomic E-state index is 13.1. The van der Waals surface area contributed by atoms with Gasteiger partial charge in [-0.05, 0) is 56.5 Å². The lowest BCUT2D eigenvalue weighted by atomic mass is 9.95. The molecule has 9 heteroatoms. The number of imidazole rings is 1. The Morgan fingerprint density at radius 2 is 1.94 bits per heavy atom. The molecule has 3 aromatic rings. The standard InChI is InChI=1S/C26H31ClN4O4/c1-3-35-16-6-13-31-22-8-5-4-7-21(22)28-26(31)29-24(32)18-11-14-30(15-12-18)25(33)20-17-19(27)9-10-23(20)34-2/h4-5,7-10,17-18H,3,6,11-16H2,1-2H3,(H,28,29,32). The van der Waals surface area contributed by atoms with Gasteiger partial charge in [-0.2, -0.15) is 0 Å². The number of aromatic nitrogens is 2. The molecule has 0 radical (unpaired) electrons.